The van der Waals surface area contributed by atoms with Gasteiger partial charge in [0, 0.05) is 16.9 Å². The van der Waals surface area contributed by atoms with Crippen LogP contribution in [0, 0.1) is 5.92 Å². The first-order valence-corrected chi connectivity index (χ1v) is 13.2. The van der Waals surface area contributed by atoms with Gasteiger partial charge in [0.1, 0.15) is 0 Å². The van der Waals surface area contributed by atoms with Crippen molar-refractivity contribution in [1.29, 1.82) is 0 Å². The first-order valence-electron chi connectivity index (χ1n) is 8.90. The zero-order chi connectivity index (χ0) is 17.9. The molecule has 136 valence electrons. The third kappa shape index (κ3) is 4.66. The lowest BCUT2D eigenvalue weighted by Gasteiger charge is -2.38. The average molecular weight is 377 g/mol. The van der Waals surface area contributed by atoms with Crippen molar-refractivity contribution in [1.82, 2.24) is 0 Å². The second-order valence-electron chi connectivity index (χ2n) is 7.58. The summed E-state index contributed by atoms with van der Waals surface area (Å²) in [5, 5.41) is 1.51. The summed E-state index contributed by atoms with van der Waals surface area (Å²) in [6, 6.07) is 10.5. The number of allylic oxidation sites excluding steroid dienone is 2. The summed E-state index contributed by atoms with van der Waals surface area (Å²) < 4.78 is 17.7. The molecule has 1 aromatic rings. The molecule has 0 aromatic heterocycles. The van der Waals surface area contributed by atoms with Crippen LogP contribution in [0.3, 0.4) is 0 Å². The van der Waals surface area contributed by atoms with Crippen molar-refractivity contribution in [3.05, 3.63) is 52.6 Å². The third-order valence-electron chi connectivity index (χ3n) is 4.59. The maximum atomic E-state index is 6.28. The van der Waals surface area contributed by atoms with Crippen molar-refractivity contribution in [2.75, 3.05) is 20.3 Å². The summed E-state index contributed by atoms with van der Waals surface area (Å²) in [7, 11) is 0.263. The van der Waals surface area contributed by atoms with Gasteiger partial charge in [0.05, 0.1) is 33.3 Å². The van der Waals surface area contributed by atoms with Crippen LogP contribution >= 0.6 is 11.8 Å². The van der Waals surface area contributed by atoms with Gasteiger partial charge in [-0.25, -0.2) is 0 Å². The van der Waals surface area contributed by atoms with Gasteiger partial charge in [-0.2, -0.15) is 0 Å². The molecule has 1 aliphatic heterocycles. The maximum absolute atomic E-state index is 6.28. The minimum Gasteiger partial charge on any atom is -0.382 e. The summed E-state index contributed by atoms with van der Waals surface area (Å²) in [4.78, 5) is 2.58. The average Bonchev–Trinajstić information content (AvgIpc) is 3.00. The van der Waals surface area contributed by atoms with E-state index in [9.17, 15) is 0 Å². The molecule has 0 radical (unpaired) electrons. The van der Waals surface area contributed by atoms with Crippen LogP contribution in [0.2, 0.25) is 19.6 Å². The molecule has 5 heteroatoms. The van der Waals surface area contributed by atoms with E-state index in [1.165, 1.54) is 15.0 Å². The highest BCUT2D eigenvalue weighted by Gasteiger charge is 2.41. The van der Waals surface area contributed by atoms with E-state index >= 15 is 0 Å². The fraction of sp³-hybridized carbons (Fsp3) is 0.500. The minimum absolute atomic E-state index is 0.121. The maximum Gasteiger partial charge on any atom is 0.168 e. The van der Waals surface area contributed by atoms with Crippen molar-refractivity contribution in [2.24, 2.45) is 5.92 Å². The molecular weight excluding hydrogens is 348 g/mol. The molecule has 1 aliphatic carbocycles. The summed E-state index contributed by atoms with van der Waals surface area (Å²) in [5.74, 6) is 0.205. The zero-order valence-electron chi connectivity index (χ0n) is 15.5. The zero-order valence-corrected chi connectivity index (χ0v) is 17.3. The predicted molar refractivity (Wildman–Crippen MR) is 106 cm³/mol. The highest BCUT2D eigenvalue weighted by molar-refractivity contribution is 8.03. The monoisotopic (exact) mass is 376 g/mol. The van der Waals surface area contributed by atoms with Gasteiger partial charge in [-0.05, 0) is 18.6 Å². The Balaban J connectivity index is 1.81. The lowest BCUT2D eigenvalue weighted by Crippen LogP contribution is -2.43. The van der Waals surface area contributed by atoms with E-state index in [0.29, 0.717) is 6.61 Å². The first-order chi connectivity index (χ1) is 12.0. The van der Waals surface area contributed by atoms with Crippen LogP contribution in [0.1, 0.15) is 6.42 Å². The van der Waals surface area contributed by atoms with Gasteiger partial charge in [0.2, 0.25) is 0 Å². The van der Waals surface area contributed by atoms with Gasteiger partial charge in [0.15, 0.2) is 6.29 Å². The molecule has 0 bridgehead atoms. The summed E-state index contributed by atoms with van der Waals surface area (Å²) in [5.41, 5.74) is 0. The van der Waals surface area contributed by atoms with E-state index in [1.54, 1.807) is 7.11 Å². The number of thioether (sulfide) groups is 1. The smallest absolute Gasteiger partial charge is 0.168 e. The quantitative estimate of drug-likeness (QED) is 0.662. The van der Waals surface area contributed by atoms with Crippen molar-refractivity contribution in [3.8, 4) is 0 Å². The number of hydrogen-bond donors (Lipinski definition) is 0. The van der Waals surface area contributed by atoms with Crippen molar-refractivity contribution in [3.63, 3.8) is 0 Å². The molecule has 1 heterocycles. The van der Waals surface area contributed by atoms with Crippen LogP contribution in [0.4, 0.5) is 0 Å². The standard InChI is InChI=1S/C20H28O3SSi/c1-21-14-15-12-13-22-20(23-15)19-17(10-11-18(19)25(2,3)4)24-16-8-6-5-7-9-16/h5-11,15,19-20H,12-14H2,1-4H3/t15-,19?,20?/m0/s1. The summed E-state index contributed by atoms with van der Waals surface area (Å²) in [6.45, 7) is 8.54. The highest BCUT2D eigenvalue weighted by Crippen LogP contribution is 2.45. The summed E-state index contributed by atoms with van der Waals surface area (Å²) >= 11 is 1.83. The molecule has 3 atom stereocenters. The van der Waals surface area contributed by atoms with Gasteiger partial charge in [-0.3, -0.25) is 0 Å². The first kappa shape index (κ1) is 18.9. The number of methoxy groups -OCH3 is 1. The van der Waals surface area contributed by atoms with Gasteiger partial charge in [-0.1, -0.05) is 67.0 Å². The van der Waals surface area contributed by atoms with Crippen molar-refractivity contribution >= 4 is 19.8 Å². The molecule has 0 spiro atoms. The van der Waals surface area contributed by atoms with Gasteiger partial charge in [-0.15, -0.1) is 0 Å². The van der Waals surface area contributed by atoms with Gasteiger partial charge in [0.25, 0.3) is 0 Å². The number of ether oxygens (including phenoxy) is 3. The lowest BCUT2D eigenvalue weighted by atomic mass is 10.1. The molecule has 0 N–H and O–H groups in total. The van der Waals surface area contributed by atoms with E-state index in [1.807, 2.05) is 11.8 Å². The SMILES string of the molecule is COC[C@@H]1CCOC(C2C(Sc3ccccc3)=CC=C2[Si](C)(C)C)O1. The van der Waals surface area contributed by atoms with Crippen LogP contribution in [-0.4, -0.2) is 40.8 Å². The molecule has 1 saturated heterocycles. The van der Waals surface area contributed by atoms with E-state index in [0.717, 1.165) is 13.0 Å². The molecule has 0 amide bonds. The van der Waals surface area contributed by atoms with Crippen LogP contribution in [-0.2, 0) is 14.2 Å². The Morgan fingerprint density at radius 1 is 1.16 bits per heavy atom. The molecule has 2 aliphatic rings. The van der Waals surface area contributed by atoms with Crippen LogP contribution in [0.15, 0.2) is 57.5 Å². The van der Waals surface area contributed by atoms with E-state index < -0.39 is 8.07 Å². The largest absolute Gasteiger partial charge is 0.382 e. The lowest BCUT2D eigenvalue weighted by molar-refractivity contribution is -0.231. The molecule has 25 heavy (non-hydrogen) atoms. The molecule has 0 saturated carbocycles. The third-order valence-corrected chi connectivity index (χ3v) is 7.93. The second-order valence-corrected chi connectivity index (χ2v) is 13.8. The number of benzene rings is 1. The minimum atomic E-state index is -1.47. The Morgan fingerprint density at radius 3 is 2.60 bits per heavy atom. The second kappa shape index (κ2) is 8.23. The van der Waals surface area contributed by atoms with Crippen LogP contribution < -0.4 is 0 Å². The fourth-order valence-electron chi connectivity index (χ4n) is 3.35. The van der Waals surface area contributed by atoms with Crippen molar-refractivity contribution in [2.45, 2.75) is 43.4 Å². The normalized spacial score (nSPS) is 27.1. The Morgan fingerprint density at radius 2 is 1.92 bits per heavy atom. The predicted octanol–water partition coefficient (Wildman–Crippen LogP) is 4.87. The van der Waals surface area contributed by atoms with E-state index in [2.05, 4.69) is 62.1 Å². The summed E-state index contributed by atoms with van der Waals surface area (Å²) in [6.07, 6.45) is 5.39. The molecule has 2 unspecified atom stereocenters. The van der Waals surface area contributed by atoms with Crippen molar-refractivity contribution < 1.29 is 14.2 Å². The topological polar surface area (TPSA) is 27.7 Å². The number of hydrogen-bond acceptors (Lipinski definition) is 4. The van der Waals surface area contributed by atoms with E-state index in [4.69, 9.17) is 14.2 Å². The highest BCUT2D eigenvalue weighted by atomic mass is 32.2. The Bertz CT molecular complexity index is 634. The molecular formula is C20H28O3SSi. The Labute approximate surface area is 156 Å². The molecule has 1 fully saturated rings. The van der Waals surface area contributed by atoms with E-state index in [-0.39, 0.29) is 18.3 Å². The molecule has 1 aromatic carbocycles. The molecule has 3 rings (SSSR count). The van der Waals surface area contributed by atoms with Gasteiger partial charge >= 0.3 is 0 Å². The Kier molecular flexibility index (Phi) is 6.23. The Hall–Kier alpha value is -0.853. The van der Waals surface area contributed by atoms with Gasteiger partial charge < -0.3 is 14.2 Å². The van der Waals surface area contributed by atoms with Crippen LogP contribution in [0.5, 0.6) is 0 Å². The fourth-order valence-corrected chi connectivity index (χ4v) is 6.33. The number of rotatable bonds is 6. The molecule has 3 nitrogen and oxygen atoms in total. The van der Waals surface area contributed by atoms with Crippen LogP contribution in [0.25, 0.3) is 0 Å².